The molecule has 0 radical (unpaired) electrons. The van der Waals surface area contributed by atoms with Gasteiger partial charge in [0.2, 0.25) is 5.88 Å². The molecule has 13 nitrogen and oxygen atoms in total. The van der Waals surface area contributed by atoms with Crippen LogP contribution in [0.3, 0.4) is 0 Å². The number of nitrogens with one attached hydrogen (secondary N) is 3. The third kappa shape index (κ3) is 6.43. The molecule has 3 heterocycles. The minimum atomic E-state index is -0.839. The van der Waals surface area contributed by atoms with E-state index >= 15 is 0 Å². The summed E-state index contributed by atoms with van der Waals surface area (Å²) < 4.78 is 21.3. The maximum absolute atomic E-state index is 13.5. The number of anilines is 2. The summed E-state index contributed by atoms with van der Waals surface area (Å²) in [6.45, 7) is 4.68. The fourth-order valence-corrected chi connectivity index (χ4v) is 4.32. The number of aromatic nitrogens is 4. The molecular weight excluding hydrogens is 559 g/mol. The SMILES string of the molecule is CNC1CN(C(=O)Nc2cc(Oc3ccc(NC(=O)c4cn(C(C)C)c(=O)n(-c5ccc(F)cc5)c4=O)cc3)ncn2)C1. The van der Waals surface area contributed by atoms with E-state index in [1.807, 2.05) is 7.05 Å². The quantitative estimate of drug-likeness (QED) is 0.284. The summed E-state index contributed by atoms with van der Waals surface area (Å²) in [7, 11) is 1.84. The van der Waals surface area contributed by atoms with E-state index in [9.17, 15) is 23.6 Å². The molecule has 0 bridgehead atoms. The number of hydrogen-bond donors (Lipinski definition) is 3. The second kappa shape index (κ2) is 12.2. The van der Waals surface area contributed by atoms with Gasteiger partial charge in [0.15, 0.2) is 0 Å². The zero-order valence-electron chi connectivity index (χ0n) is 23.6. The van der Waals surface area contributed by atoms with Crippen LogP contribution in [0.4, 0.5) is 20.7 Å². The Morgan fingerprint density at radius 1 is 1.00 bits per heavy atom. The highest BCUT2D eigenvalue weighted by atomic mass is 19.1. The van der Waals surface area contributed by atoms with Gasteiger partial charge < -0.3 is 20.3 Å². The summed E-state index contributed by atoms with van der Waals surface area (Å²) in [4.78, 5) is 61.6. The van der Waals surface area contributed by atoms with E-state index in [0.29, 0.717) is 24.5 Å². The number of hydrogen-bond acceptors (Lipinski definition) is 8. The fourth-order valence-electron chi connectivity index (χ4n) is 4.32. The zero-order chi connectivity index (χ0) is 30.7. The Kier molecular flexibility index (Phi) is 8.29. The van der Waals surface area contributed by atoms with Gasteiger partial charge in [-0.15, -0.1) is 0 Å². The van der Waals surface area contributed by atoms with E-state index in [4.69, 9.17) is 4.74 Å². The molecule has 0 spiro atoms. The van der Waals surface area contributed by atoms with Crippen LogP contribution in [0.2, 0.25) is 0 Å². The lowest BCUT2D eigenvalue weighted by molar-refractivity contribution is 0.102. The molecule has 43 heavy (non-hydrogen) atoms. The van der Waals surface area contributed by atoms with Gasteiger partial charge in [0.25, 0.3) is 11.5 Å². The van der Waals surface area contributed by atoms with E-state index in [-0.39, 0.29) is 41.1 Å². The van der Waals surface area contributed by atoms with Crippen molar-refractivity contribution in [2.75, 3.05) is 30.8 Å². The molecule has 3 amide bonds. The predicted octanol–water partition coefficient (Wildman–Crippen LogP) is 2.99. The summed E-state index contributed by atoms with van der Waals surface area (Å²) in [5.41, 5.74) is -1.27. The largest absolute Gasteiger partial charge is 0.439 e. The van der Waals surface area contributed by atoms with Crippen molar-refractivity contribution in [1.29, 1.82) is 0 Å². The standard InChI is InChI=1S/C29H29FN8O5/c1-17(2)37-15-23(27(40)38(29(37)42)21-8-4-18(30)5-9-21)26(39)34-19-6-10-22(11-7-19)43-25-12-24(32-16-33-25)35-28(41)36-13-20(14-36)31-3/h4-12,15-17,20,31H,13-14H2,1-3H3,(H,34,39)(H,32,33,35,41). The van der Waals surface area contributed by atoms with Gasteiger partial charge in [-0.05, 0) is 69.4 Å². The van der Waals surface area contributed by atoms with Crippen molar-refractivity contribution >= 4 is 23.4 Å². The number of benzene rings is 2. The first kappa shape index (κ1) is 29.1. The average Bonchev–Trinajstić information content (AvgIpc) is 2.94. The first-order valence-electron chi connectivity index (χ1n) is 13.4. The highest BCUT2D eigenvalue weighted by Crippen LogP contribution is 2.23. The van der Waals surface area contributed by atoms with Crippen LogP contribution < -0.4 is 31.9 Å². The molecule has 0 aliphatic carbocycles. The number of rotatable bonds is 8. The smallest absolute Gasteiger partial charge is 0.335 e. The van der Waals surface area contributed by atoms with Crippen molar-refractivity contribution < 1.29 is 18.7 Å². The Bertz CT molecular complexity index is 1760. The summed E-state index contributed by atoms with van der Waals surface area (Å²) >= 11 is 0. The van der Waals surface area contributed by atoms with Gasteiger partial charge >= 0.3 is 11.7 Å². The number of likely N-dealkylation sites (N-methyl/N-ethyl adjacent to an activating group) is 1. The molecule has 0 atom stereocenters. The number of urea groups is 1. The van der Waals surface area contributed by atoms with Crippen LogP contribution in [-0.4, -0.2) is 62.1 Å². The van der Waals surface area contributed by atoms with E-state index in [1.54, 1.807) is 43.0 Å². The number of nitrogens with zero attached hydrogens (tertiary/aromatic N) is 5. The van der Waals surface area contributed by atoms with Crippen molar-refractivity contribution in [3.8, 4) is 17.3 Å². The lowest BCUT2D eigenvalue weighted by atomic mass is 10.1. The molecule has 3 N–H and O–H groups in total. The average molecular weight is 589 g/mol. The molecule has 1 saturated heterocycles. The molecule has 222 valence electrons. The highest BCUT2D eigenvalue weighted by Gasteiger charge is 2.29. The molecule has 0 unspecified atom stereocenters. The van der Waals surface area contributed by atoms with Crippen molar-refractivity contribution in [2.45, 2.75) is 25.9 Å². The third-order valence-electron chi connectivity index (χ3n) is 6.79. The van der Waals surface area contributed by atoms with Gasteiger partial charge in [0.05, 0.1) is 5.69 Å². The Morgan fingerprint density at radius 3 is 2.35 bits per heavy atom. The topological polar surface area (TPSA) is 152 Å². The molecule has 1 aliphatic heterocycles. The maximum atomic E-state index is 13.5. The second-order valence-corrected chi connectivity index (χ2v) is 10.1. The first-order valence-corrected chi connectivity index (χ1v) is 13.4. The molecule has 4 aromatic rings. The monoisotopic (exact) mass is 588 g/mol. The molecule has 1 fully saturated rings. The normalized spacial score (nSPS) is 13.0. The van der Waals surface area contributed by atoms with Gasteiger partial charge in [0, 0.05) is 43.1 Å². The first-order chi connectivity index (χ1) is 20.6. The molecule has 0 saturated carbocycles. The van der Waals surface area contributed by atoms with Crippen molar-refractivity contribution in [3.63, 3.8) is 0 Å². The molecule has 2 aromatic carbocycles. The lowest BCUT2D eigenvalue weighted by Gasteiger charge is -2.38. The number of amides is 3. The molecular formula is C29H29FN8O5. The minimum Gasteiger partial charge on any atom is -0.439 e. The predicted molar refractivity (Wildman–Crippen MR) is 157 cm³/mol. The van der Waals surface area contributed by atoms with Gasteiger partial charge in [-0.1, -0.05) is 0 Å². The minimum absolute atomic E-state index is 0.136. The summed E-state index contributed by atoms with van der Waals surface area (Å²) in [6, 6.07) is 12.3. The maximum Gasteiger partial charge on any atom is 0.335 e. The van der Waals surface area contributed by atoms with Crippen LogP contribution in [0, 0.1) is 5.82 Å². The zero-order valence-corrected chi connectivity index (χ0v) is 23.6. The summed E-state index contributed by atoms with van der Waals surface area (Å²) in [6.07, 6.45) is 2.48. The Morgan fingerprint density at radius 2 is 1.70 bits per heavy atom. The van der Waals surface area contributed by atoms with Crippen LogP contribution in [0.5, 0.6) is 11.6 Å². The highest BCUT2D eigenvalue weighted by molar-refractivity contribution is 6.03. The third-order valence-corrected chi connectivity index (χ3v) is 6.79. The van der Waals surface area contributed by atoms with Gasteiger partial charge in [-0.3, -0.25) is 19.5 Å². The number of likely N-dealkylation sites (tertiary alicyclic amines) is 1. The molecule has 2 aromatic heterocycles. The van der Waals surface area contributed by atoms with E-state index in [2.05, 4.69) is 25.9 Å². The molecule has 14 heteroatoms. The molecule has 5 rings (SSSR count). The van der Waals surface area contributed by atoms with Crippen LogP contribution in [0.15, 0.2) is 76.7 Å². The van der Waals surface area contributed by atoms with E-state index in [0.717, 1.165) is 16.7 Å². The summed E-state index contributed by atoms with van der Waals surface area (Å²) in [5.74, 6) is -0.403. The van der Waals surface area contributed by atoms with Gasteiger partial charge in [-0.2, -0.15) is 0 Å². The number of halogens is 1. The number of carbonyl (C=O) groups is 2. The van der Waals surface area contributed by atoms with Crippen LogP contribution in [-0.2, 0) is 0 Å². The Labute approximate surface area is 245 Å². The van der Waals surface area contributed by atoms with Crippen LogP contribution >= 0.6 is 0 Å². The molecule has 1 aliphatic rings. The van der Waals surface area contributed by atoms with Crippen molar-refractivity contribution in [1.82, 2.24) is 29.3 Å². The summed E-state index contributed by atoms with van der Waals surface area (Å²) in [5, 5.41) is 8.47. The van der Waals surface area contributed by atoms with Crippen molar-refractivity contribution in [3.05, 3.63) is 99.3 Å². The van der Waals surface area contributed by atoms with Crippen LogP contribution in [0.25, 0.3) is 5.69 Å². The Hall–Kier alpha value is -5.37. The second-order valence-electron chi connectivity index (χ2n) is 10.1. The number of ether oxygens (including phenoxy) is 1. The van der Waals surface area contributed by atoms with E-state index in [1.165, 1.54) is 35.3 Å². The van der Waals surface area contributed by atoms with Crippen LogP contribution in [0.1, 0.15) is 30.2 Å². The van der Waals surface area contributed by atoms with E-state index < -0.39 is 23.0 Å². The van der Waals surface area contributed by atoms with Crippen molar-refractivity contribution in [2.24, 2.45) is 0 Å². The number of carbonyl (C=O) groups excluding carboxylic acids is 2. The van der Waals surface area contributed by atoms with Gasteiger partial charge in [0.1, 0.15) is 29.3 Å². The lowest BCUT2D eigenvalue weighted by Crippen LogP contribution is -2.59. The van der Waals surface area contributed by atoms with Gasteiger partial charge in [-0.25, -0.2) is 28.5 Å². The Balaban J connectivity index is 1.29. The fraction of sp³-hybridized carbons (Fsp3) is 0.241.